The number of nitrogens with zero attached hydrogens (tertiary/aromatic N) is 2. The minimum atomic E-state index is -0.514. The number of aliphatic hydroxyl groups excluding tert-OH is 2. The molecule has 0 aliphatic carbocycles. The molecule has 0 unspecified atom stereocenters. The normalized spacial score (nSPS) is 19.7. The molecule has 1 fully saturated rings. The summed E-state index contributed by atoms with van der Waals surface area (Å²) < 4.78 is 8.30. The zero-order valence-corrected chi connectivity index (χ0v) is 20.3. The maximum absolute atomic E-state index is 12.2. The van der Waals surface area contributed by atoms with Gasteiger partial charge in [-0.05, 0) is 41.3 Å². The molecule has 0 radical (unpaired) electrons. The highest BCUT2D eigenvalue weighted by atomic mass is 35.5. The van der Waals surface area contributed by atoms with Crippen LogP contribution in [0.4, 0.5) is 0 Å². The van der Waals surface area contributed by atoms with Gasteiger partial charge in [0.2, 0.25) is 0 Å². The Morgan fingerprint density at radius 2 is 1.83 bits per heavy atom. The Balaban J connectivity index is 1.51. The van der Waals surface area contributed by atoms with Crippen molar-refractivity contribution in [1.82, 2.24) is 9.13 Å². The third-order valence-electron chi connectivity index (χ3n) is 6.16. The lowest BCUT2D eigenvalue weighted by Gasteiger charge is -2.32. The first kappa shape index (κ1) is 25.0. The van der Waals surface area contributed by atoms with Crippen molar-refractivity contribution in [3.63, 3.8) is 0 Å². The van der Waals surface area contributed by atoms with E-state index >= 15 is 0 Å². The van der Waals surface area contributed by atoms with E-state index in [9.17, 15) is 19.8 Å². The van der Waals surface area contributed by atoms with Gasteiger partial charge in [0.05, 0.1) is 24.9 Å². The molecule has 7 nitrogen and oxygen atoms in total. The van der Waals surface area contributed by atoms with Gasteiger partial charge in [0, 0.05) is 43.7 Å². The molecule has 8 heteroatoms. The van der Waals surface area contributed by atoms with Gasteiger partial charge in [-0.3, -0.25) is 9.36 Å². The predicted molar refractivity (Wildman–Crippen MR) is 134 cm³/mol. The standard InChI is InChI=1S/C27H27ClN2O5/c1-29-15-20(26(33)30(2)27(29)34)8-7-17-3-5-18(6-4-17)11-21-12-19(9-10-24(21)28)25-14-22(32)13-23(16-31)35-25/h3-6,9-10,12,15,22-23,25,31-32H,11,13-14,16H2,1-2H3/t22-,23-,25+/m0/s1. The lowest BCUT2D eigenvalue weighted by Crippen LogP contribution is -2.37. The van der Waals surface area contributed by atoms with Crippen LogP contribution in [-0.2, 0) is 25.3 Å². The van der Waals surface area contributed by atoms with E-state index in [1.807, 2.05) is 42.5 Å². The Labute approximate surface area is 208 Å². The van der Waals surface area contributed by atoms with Crippen molar-refractivity contribution < 1.29 is 14.9 Å². The lowest BCUT2D eigenvalue weighted by molar-refractivity contribution is -0.113. The first-order valence-corrected chi connectivity index (χ1v) is 11.7. The van der Waals surface area contributed by atoms with E-state index in [0.29, 0.717) is 24.3 Å². The van der Waals surface area contributed by atoms with Crippen molar-refractivity contribution in [3.05, 3.63) is 102 Å². The van der Waals surface area contributed by atoms with Crippen LogP contribution < -0.4 is 11.2 Å². The van der Waals surface area contributed by atoms with Crippen LogP contribution in [0.25, 0.3) is 0 Å². The van der Waals surface area contributed by atoms with Crippen LogP contribution in [0.15, 0.2) is 58.3 Å². The van der Waals surface area contributed by atoms with E-state index in [1.54, 1.807) is 7.05 Å². The first-order valence-electron chi connectivity index (χ1n) is 11.4. The quantitative estimate of drug-likeness (QED) is 0.543. The highest BCUT2D eigenvalue weighted by molar-refractivity contribution is 6.31. The highest BCUT2D eigenvalue weighted by Crippen LogP contribution is 2.33. The van der Waals surface area contributed by atoms with Gasteiger partial charge in [0.15, 0.2) is 0 Å². The van der Waals surface area contributed by atoms with Crippen molar-refractivity contribution in [2.24, 2.45) is 14.1 Å². The van der Waals surface area contributed by atoms with E-state index in [1.165, 1.54) is 17.8 Å². The van der Waals surface area contributed by atoms with E-state index in [2.05, 4.69) is 11.8 Å². The molecule has 182 valence electrons. The van der Waals surface area contributed by atoms with E-state index < -0.39 is 17.4 Å². The predicted octanol–water partition coefficient (Wildman–Crippen LogP) is 2.30. The highest BCUT2D eigenvalue weighted by Gasteiger charge is 2.29. The van der Waals surface area contributed by atoms with Gasteiger partial charge in [0.1, 0.15) is 5.56 Å². The van der Waals surface area contributed by atoms with E-state index in [-0.39, 0.29) is 24.4 Å². The van der Waals surface area contributed by atoms with Crippen LogP contribution in [0.3, 0.4) is 0 Å². The third kappa shape index (κ3) is 5.75. The zero-order valence-electron chi connectivity index (χ0n) is 19.6. The van der Waals surface area contributed by atoms with Crippen molar-refractivity contribution in [2.45, 2.75) is 37.6 Å². The average Bonchev–Trinajstić information content (AvgIpc) is 2.86. The Morgan fingerprint density at radius 3 is 2.54 bits per heavy atom. The smallest absolute Gasteiger partial charge is 0.330 e. The summed E-state index contributed by atoms with van der Waals surface area (Å²) in [7, 11) is 3.01. The first-order chi connectivity index (χ1) is 16.7. The molecule has 1 aromatic heterocycles. The second-order valence-electron chi connectivity index (χ2n) is 8.83. The number of aliphatic hydroxyl groups is 2. The van der Waals surface area contributed by atoms with Gasteiger partial charge in [-0.1, -0.05) is 47.7 Å². The zero-order chi connectivity index (χ0) is 25.1. The van der Waals surface area contributed by atoms with Crippen molar-refractivity contribution >= 4 is 11.6 Å². The van der Waals surface area contributed by atoms with Crippen LogP contribution in [0.5, 0.6) is 0 Å². The van der Waals surface area contributed by atoms with Crippen LogP contribution >= 0.6 is 11.6 Å². The fourth-order valence-electron chi connectivity index (χ4n) is 4.21. The van der Waals surface area contributed by atoms with Gasteiger partial charge in [0.25, 0.3) is 5.56 Å². The largest absolute Gasteiger partial charge is 0.394 e. The second-order valence-corrected chi connectivity index (χ2v) is 9.24. The summed E-state index contributed by atoms with van der Waals surface area (Å²) in [5, 5.41) is 20.2. The number of hydrogen-bond donors (Lipinski definition) is 2. The summed E-state index contributed by atoms with van der Waals surface area (Å²) in [6, 6.07) is 13.4. The fraction of sp³-hybridized carbons (Fsp3) is 0.333. The number of rotatable bonds is 4. The number of benzene rings is 2. The molecule has 1 aliphatic rings. The lowest BCUT2D eigenvalue weighted by atomic mass is 9.94. The molecule has 35 heavy (non-hydrogen) atoms. The van der Waals surface area contributed by atoms with Crippen LogP contribution in [0.1, 0.15) is 46.8 Å². The summed E-state index contributed by atoms with van der Waals surface area (Å²) in [5.74, 6) is 5.83. The van der Waals surface area contributed by atoms with Crippen molar-refractivity contribution in [2.75, 3.05) is 6.61 Å². The summed E-state index contributed by atoms with van der Waals surface area (Å²) in [5.41, 5.74) is 3.05. The van der Waals surface area contributed by atoms with Crippen molar-refractivity contribution in [1.29, 1.82) is 0 Å². The monoisotopic (exact) mass is 494 g/mol. The molecule has 2 aromatic carbocycles. The number of aromatic nitrogens is 2. The molecule has 2 N–H and O–H groups in total. The van der Waals surface area contributed by atoms with Gasteiger partial charge >= 0.3 is 5.69 Å². The van der Waals surface area contributed by atoms with Crippen molar-refractivity contribution in [3.8, 4) is 11.8 Å². The van der Waals surface area contributed by atoms with Crippen LogP contribution in [0, 0.1) is 11.8 Å². The maximum atomic E-state index is 12.2. The Hall–Kier alpha value is -3.15. The molecular weight excluding hydrogens is 468 g/mol. The second kappa shape index (κ2) is 10.6. The van der Waals surface area contributed by atoms with E-state index in [0.717, 1.165) is 26.8 Å². The van der Waals surface area contributed by atoms with Gasteiger partial charge < -0.3 is 19.5 Å². The Morgan fingerprint density at radius 1 is 1.09 bits per heavy atom. The van der Waals surface area contributed by atoms with Crippen LogP contribution in [-0.4, -0.2) is 38.2 Å². The molecule has 4 rings (SSSR count). The molecule has 1 saturated heterocycles. The SMILES string of the molecule is Cn1cc(C#Cc2ccc(Cc3cc([C@H]4C[C@@H](O)C[C@@H](CO)O4)ccc3Cl)cc2)c(=O)n(C)c1=O. The van der Waals surface area contributed by atoms with Gasteiger partial charge in [-0.2, -0.15) is 0 Å². The topological polar surface area (TPSA) is 93.7 Å². The molecule has 3 atom stereocenters. The Kier molecular flexibility index (Phi) is 7.58. The summed E-state index contributed by atoms with van der Waals surface area (Å²) in [6.45, 7) is -0.125. The molecule has 0 amide bonds. The summed E-state index contributed by atoms with van der Waals surface area (Å²) in [6.07, 6.45) is 1.76. The maximum Gasteiger partial charge on any atom is 0.330 e. The van der Waals surface area contributed by atoms with Gasteiger partial charge in [-0.25, -0.2) is 4.79 Å². The number of aryl methyl sites for hydroxylation is 1. The number of ether oxygens (including phenoxy) is 1. The van der Waals surface area contributed by atoms with Crippen LogP contribution in [0.2, 0.25) is 5.02 Å². The molecule has 2 heterocycles. The molecule has 0 saturated carbocycles. The third-order valence-corrected chi connectivity index (χ3v) is 6.53. The molecular formula is C27H27ClN2O5. The molecule has 1 aliphatic heterocycles. The summed E-state index contributed by atoms with van der Waals surface area (Å²) >= 11 is 6.46. The average molecular weight is 495 g/mol. The Bertz CT molecular complexity index is 1400. The molecule has 0 bridgehead atoms. The number of halogens is 1. The molecule has 0 spiro atoms. The number of hydrogen-bond acceptors (Lipinski definition) is 5. The molecule has 3 aromatic rings. The van der Waals surface area contributed by atoms with Gasteiger partial charge in [-0.15, -0.1) is 0 Å². The van der Waals surface area contributed by atoms with E-state index in [4.69, 9.17) is 16.3 Å². The minimum absolute atomic E-state index is 0.125. The summed E-state index contributed by atoms with van der Waals surface area (Å²) in [4.78, 5) is 24.1. The fourth-order valence-corrected chi connectivity index (χ4v) is 4.40. The minimum Gasteiger partial charge on any atom is -0.394 e.